The van der Waals surface area contributed by atoms with Crippen LogP contribution in [-0.4, -0.2) is 40.9 Å². The van der Waals surface area contributed by atoms with Crippen molar-refractivity contribution in [1.82, 2.24) is 9.80 Å². The smallest absolute Gasteiger partial charge is 0.269 e. The van der Waals surface area contributed by atoms with E-state index < -0.39 is 0 Å². The average Bonchev–Trinajstić information content (AvgIpc) is 2.57. The topological polar surface area (TPSA) is 49.6 Å². The molecule has 1 aliphatic rings. The summed E-state index contributed by atoms with van der Waals surface area (Å²) < 4.78 is 0. The van der Waals surface area contributed by atoms with Crippen LogP contribution in [0.4, 0.5) is 5.69 Å². The van der Waals surface area contributed by atoms with Gasteiger partial charge in [0.15, 0.2) is 0 Å². The van der Waals surface area contributed by atoms with Crippen molar-refractivity contribution in [2.75, 3.05) is 26.2 Å². The molecule has 1 heterocycles. The van der Waals surface area contributed by atoms with Crippen molar-refractivity contribution >= 4 is 5.69 Å². The largest absolute Gasteiger partial charge is 0.297 e. The number of aryl methyl sites for hydroxylation is 1. The van der Waals surface area contributed by atoms with Crippen LogP contribution < -0.4 is 0 Å². The molecule has 0 saturated carbocycles. The maximum atomic E-state index is 10.7. The second kappa shape index (κ2) is 7.55. The van der Waals surface area contributed by atoms with Gasteiger partial charge in [0.05, 0.1) is 4.92 Å². The lowest BCUT2D eigenvalue weighted by Gasteiger charge is -2.34. The fourth-order valence-corrected chi connectivity index (χ4v) is 3.16. The molecule has 0 bridgehead atoms. The van der Waals surface area contributed by atoms with E-state index in [1.165, 1.54) is 11.1 Å². The Morgan fingerprint density at radius 1 is 0.917 bits per heavy atom. The normalized spacial score (nSPS) is 16.2. The van der Waals surface area contributed by atoms with Crippen molar-refractivity contribution in [3.05, 3.63) is 75.3 Å². The third-order valence-electron chi connectivity index (χ3n) is 4.51. The fourth-order valence-electron chi connectivity index (χ4n) is 3.16. The Bertz CT molecular complexity index is 692. The van der Waals surface area contributed by atoms with Gasteiger partial charge in [0.25, 0.3) is 5.69 Å². The van der Waals surface area contributed by atoms with Gasteiger partial charge in [0.1, 0.15) is 0 Å². The van der Waals surface area contributed by atoms with Crippen LogP contribution in [0.1, 0.15) is 16.7 Å². The minimum atomic E-state index is -0.353. The number of nitrogens with zero attached hydrogens (tertiary/aromatic N) is 3. The number of non-ortho nitro benzene ring substituents is 1. The van der Waals surface area contributed by atoms with Crippen molar-refractivity contribution in [3.63, 3.8) is 0 Å². The molecule has 2 aromatic carbocycles. The first-order valence-electron chi connectivity index (χ1n) is 8.34. The predicted octanol–water partition coefficient (Wildman–Crippen LogP) is 3.22. The Balaban J connectivity index is 1.49. The first-order chi connectivity index (χ1) is 11.6. The summed E-state index contributed by atoms with van der Waals surface area (Å²) in [5, 5.41) is 10.7. The highest BCUT2D eigenvalue weighted by atomic mass is 16.6. The number of nitro benzene ring substituents is 1. The number of rotatable bonds is 5. The third-order valence-corrected chi connectivity index (χ3v) is 4.51. The molecule has 0 aromatic heterocycles. The van der Waals surface area contributed by atoms with Gasteiger partial charge in [-0.1, -0.05) is 42.0 Å². The molecule has 0 unspecified atom stereocenters. The number of nitro groups is 1. The molecular weight excluding hydrogens is 302 g/mol. The summed E-state index contributed by atoms with van der Waals surface area (Å²) in [6.07, 6.45) is 0. The maximum absolute atomic E-state index is 10.7. The maximum Gasteiger partial charge on any atom is 0.269 e. The lowest BCUT2D eigenvalue weighted by Crippen LogP contribution is -2.45. The van der Waals surface area contributed by atoms with Crippen molar-refractivity contribution < 1.29 is 4.92 Å². The highest BCUT2D eigenvalue weighted by molar-refractivity contribution is 5.32. The van der Waals surface area contributed by atoms with Crippen LogP contribution in [0.15, 0.2) is 48.5 Å². The number of benzene rings is 2. The van der Waals surface area contributed by atoms with Gasteiger partial charge in [-0.05, 0) is 18.1 Å². The van der Waals surface area contributed by atoms with Gasteiger partial charge in [-0.15, -0.1) is 0 Å². The van der Waals surface area contributed by atoms with E-state index in [9.17, 15) is 10.1 Å². The van der Waals surface area contributed by atoms with E-state index >= 15 is 0 Å². The molecule has 0 amide bonds. The minimum Gasteiger partial charge on any atom is -0.297 e. The number of hydrogen-bond donors (Lipinski definition) is 0. The SMILES string of the molecule is Cc1cccc(CN2CCN(Cc3ccc([N+](=O)[O-])cc3)CC2)c1. The Morgan fingerprint density at radius 2 is 1.50 bits per heavy atom. The standard InChI is InChI=1S/C19H23N3O2/c1-16-3-2-4-18(13-16)15-21-11-9-20(10-12-21)14-17-5-7-19(8-6-17)22(23)24/h2-8,13H,9-12,14-15H2,1H3. The fraction of sp³-hybridized carbons (Fsp3) is 0.368. The molecule has 1 aliphatic heterocycles. The van der Waals surface area contributed by atoms with Gasteiger partial charge in [0.2, 0.25) is 0 Å². The van der Waals surface area contributed by atoms with Crippen LogP contribution in [0.2, 0.25) is 0 Å². The van der Waals surface area contributed by atoms with Crippen LogP contribution in [0.5, 0.6) is 0 Å². The molecule has 5 nitrogen and oxygen atoms in total. The third kappa shape index (κ3) is 4.40. The Hall–Kier alpha value is -2.24. The quantitative estimate of drug-likeness (QED) is 0.625. The van der Waals surface area contributed by atoms with Crippen LogP contribution in [0.25, 0.3) is 0 Å². The zero-order valence-corrected chi connectivity index (χ0v) is 14.0. The summed E-state index contributed by atoms with van der Waals surface area (Å²) in [4.78, 5) is 15.2. The zero-order valence-electron chi connectivity index (χ0n) is 14.0. The summed E-state index contributed by atoms with van der Waals surface area (Å²) in [6.45, 7) is 8.17. The van der Waals surface area contributed by atoms with Crippen LogP contribution in [0.3, 0.4) is 0 Å². The molecule has 2 aromatic rings. The Morgan fingerprint density at radius 3 is 2.04 bits per heavy atom. The summed E-state index contributed by atoms with van der Waals surface area (Å²) in [7, 11) is 0. The first-order valence-corrected chi connectivity index (χ1v) is 8.34. The minimum absolute atomic E-state index is 0.154. The Labute approximate surface area is 142 Å². The summed E-state index contributed by atoms with van der Waals surface area (Å²) in [5.74, 6) is 0. The van der Waals surface area contributed by atoms with Gasteiger partial charge in [-0.2, -0.15) is 0 Å². The lowest BCUT2D eigenvalue weighted by atomic mass is 10.1. The van der Waals surface area contributed by atoms with Crippen molar-refractivity contribution in [2.24, 2.45) is 0 Å². The molecule has 5 heteroatoms. The summed E-state index contributed by atoms with van der Waals surface area (Å²) in [5.41, 5.74) is 3.97. The highest BCUT2D eigenvalue weighted by Gasteiger charge is 2.17. The second-order valence-electron chi connectivity index (χ2n) is 6.46. The summed E-state index contributed by atoms with van der Waals surface area (Å²) in [6, 6.07) is 15.6. The van der Waals surface area contributed by atoms with E-state index in [0.717, 1.165) is 44.8 Å². The van der Waals surface area contributed by atoms with Crippen molar-refractivity contribution in [2.45, 2.75) is 20.0 Å². The van der Waals surface area contributed by atoms with Gasteiger partial charge in [-0.25, -0.2) is 0 Å². The van der Waals surface area contributed by atoms with E-state index in [1.807, 2.05) is 12.1 Å². The monoisotopic (exact) mass is 325 g/mol. The van der Waals surface area contributed by atoms with E-state index in [0.29, 0.717) is 0 Å². The van der Waals surface area contributed by atoms with Gasteiger partial charge >= 0.3 is 0 Å². The molecule has 24 heavy (non-hydrogen) atoms. The lowest BCUT2D eigenvalue weighted by molar-refractivity contribution is -0.384. The van der Waals surface area contributed by atoms with Gasteiger partial charge in [-0.3, -0.25) is 19.9 Å². The highest BCUT2D eigenvalue weighted by Crippen LogP contribution is 2.15. The molecule has 126 valence electrons. The average molecular weight is 325 g/mol. The molecule has 1 saturated heterocycles. The van der Waals surface area contributed by atoms with Crippen LogP contribution in [-0.2, 0) is 13.1 Å². The first kappa shape index (κ1) is 16.6. The molecule has 0 radical (unpaired) electrons. The van der Waals surface area contributed by atoms with Gasteiger partial charge < -0.3 is 0 Å². The number of piperazine rings is 1. The molecular formula is C19H23N3O2. The van der Waals surface area contributed by atoms with E-state index in [2.05, 4.69) is 41.0 Å². The van der Waals surface area contributed by atoms with E-state index in [4.69, 9.17) is 0 Å². The zero-order chi connectivity index (χ0) is 16.9. The van der Waals surface area contributed by atoms with Crippen molar-refractivity contribution in [3.8, 4) is 0 Å². The van der Waals surface area contributed by atoms with Gasteiger partial charge in [0, 0.05) is 51.4 Å². The molecule has 0 N–H and O–H groups in total. The second-order valence-corrected chi connectivity index (χ2v) is 6.46. The molecule has 0 atom stereocenters. The predicted molar refractivity (Wildman–Crippen MR) is 94.8 cm³/mol. The van der Waals surface area contributed by atoms with Crippen LogP contribution in [0, 0.1) is 17.0 Å². The Kier molecular flexibility index (Phi) is 5.23. The molecule has 1 fully saturated rings. The number of hydrogen-bond acceptors (Lipinski definition) is 4. The molecule has 0 spiro atoms. The van der Waals surface area contributed by atoms with E-state index in [1.54, 1.807) is 12.1 Å². The molecule has 3 rings (SSSR count). The summed E-state index contributed by atoms with van der Waals surface area (Å²) >= 11 is 0. The van der Waals surface area contributed by atoms with Crippen molar-refractivity contribution in [1.29, 1.82) is 0 Å². The van der Waals surface area contributed by atoms with Crippen LogP contribution >= 0.6 is 0 Å². The molecule has 0 aliphatic carbocycles. The van der Waals surface area contributed by atoms with E-state index in [-0.39, 0.29) is 10.6 Å².